The number of alkyl halides is 2. The summed E-state index contributed by atoms with van der Waals surface area (Å²) in [4.78, 5) is 29.6. The van der Waals surface area contributed by atoms with Crippen LogP contribution in [0.25, 0.3) is 0 Å². The van der Waals surface area contributed by atoms with Gasteiger partial charge in [0.05, 0.1) is 0 Å². The number of rotatable bonds is 4. The van der Waals surface area contributed by atoms with E-state index >= 15 is 0 Å². The minimum Gasteiger partial charge on any atom is -0.342 e. The molecule has 0 aromatic rings. The number of nitrogens with one attached hydrogen (secondary N) is 1. The zero-order valence-electron chi connectivity index (χ0n) is 12.6. The van der Waals surface area contributed by atoms with Crippen molar-refractivity contribution in [3.05, 3.63) is 23.9 Å². The molecule has 0 spiro atoms. The summed E-state index contributed by atoms with van der Waals surface area (Å²) in [6.45, 7) is 4.83. The fraction of sp³-hybridized carbons (Fsp3) is 0.500. The number of hydrogen-bond donors (Lipinski definition) is 1. The molecule has 0 aromatic heterocycles. The van der Waals surface area contributed by atoms with Gasteiger partial charge in [-0.2, -0.15) is 0 Å². The van der Waals surface area contributed by atoms with Crippen molar-refractivity contribution in [3.63, 3.8) is 0 Å². The predicted molar refractivity (Wildman–Crippen MR) is 79.8 cm³/mol. The van der Waals surface area contributed by atoms with E-state index in [1.807, 2.05) is 0 Å². The summed E-state index contributed by atoms with van der Waals surface area (Å²) in [7, 11) is 0. The van der Waals surface area contributed by atoms with Gasteiger partial charge in [0.25, 0.3) is 6.43 Å². The van der Waals surface area contributed by atoms with Crippen LogP contribution >= 0.6 is 0 Å². The van der Waals surface area contributed by atoms with Crippen molar-refractivity contribution in [3.8, 4) is 0 Å². The number of urea groups is 1. The molecular formula is C14H20F2N4O2. The van der Waals surface area contributed by atoms with Crippen molar-refractivity contribution in [1.82, 2.24) is 15.1 Å². The third-order valence-electron chi connectivity index (χ3n) is 3.08. The third kappa shape index (κ3) is 5.27. The number of piperazine rings is 1. The summed E-state index contributed by atoms with van der Waals surface area (Å²) in [5.74, 6) is 0.0544. The molecule has 0 aromatic carbocycles. The summed E-state index contributed by atoms with van der Waals surface area (Å²) >= 11 is 0. The van der Waals surface area contributed by atoms with E-state index in [2.05, 4.69) is 10.3 Å². The van der Waals surface area contributed by atoms with Gasteiger partial charge in [0.2, 0.25) is 6.41 Å². The molecule has 0 bridgehead atoms. The zero-order valence-corrected chi connectivity index (χ0v) is 12.6. The van der Waals surface area contributed by atoms with Crippen molar-refractivity contribution in [2.45, 2.75) is 20.3 Å². The molecule has 8 heteroatoms. The van der Waals surface area contributed by atoms with Crippen molar-refractivity contribution in [2.24, 2.45) is 4.99 Å². The Kier molecular flexibility index (Phi) is 7.21. The van der Waals surface area contributed by atoms with Gasteiger partial charge in [-0.3, -0.25) is 10.1 Å². The van der Waals surface area contributed by atoms with Crippen LogP contribution < -0.4 is 5.32 Å². The van der Waals surface area contributed by atoms with E-state index in [0.29, 0.717) is 26.2 Å². The van der Waals surface area contributed by atoms with Gasteiger partial charge in [0.1, 0.15) is 11.5 Å². The Bertz CT molecular complexity index is 481. The van der Waals surface area contributed by atoms with Gasteiger partial charge in [0, 0.05) is 26.2 Å². The molecule has 1 rings (SSSR count). The molecule has 0 unspecified atom stereocenters. The first-order chi connectivity index (χ1) is 10.5. The van der Waals surface area contributed by atoms with Gasteiger partial charge in [-0.15, -0.1) is 0 Å². The van der Waals surface area contributed by atoms with Crippen LogP contribution in [0.15, 0.2) is 28.9 Å². The van der Waals surface area contributed by atoms with E-state index in [1.165, 1.54) is 24.0 Å². The lowest BCUT2D eigenvalue weighted by molar-refractivity contribution is -0.119. The summed E-state index contributed by atoms with van der Waals surface area (Å²) in [6, 6.07) is -0.424. The molecule has 0 radical (unpaired) electrons. The second-order valence-electron chi connectivity index (χ2n) is 4.57. The highest BCUT2D eigenvalue weighted by atomic mass is 19.3. The summed E-state index contributed by atoms with van der Waals surface area (Å²) in [5, 5.41) is 2.51. The highest BCUT2D eigenvalue weighted by Gasteiger charge is 2.21. The third-order valence-corrected chi connectivity index (χ3v) is 3.08. The topological polar surface area (TPSA) is 65.0 Å². The number of aliphatic imine (C=N–C) groups is 1. The molecule has 1 saturated heterocycles. The first-order valence-electron chi connectivity index (χ1n) is 6.92. The number of hydrogen-bond acceptors (Lipinski definition) is 3. The highest BCUT2D eigenvalue weighted by molar-refractivity contribution is 6.04. The molecule has 1 N–H and O–H groups in total. The van der Waals surface area contributed by atoms with Crippen LogP contribution in [-0.2, 0) is 4.79 Å². The normalized spacial score (nSPS) is 17.3. The Morgan fingerprint density at radius 3 is 2.32 bits per heavy atom. The van der Waals surface area contributed by atoms with E-state index in [1.54, 1.807) is 17.9 Å². The molecule has 1 fully saturated rings. The number of allylic oxidation sites excluding steroid dienone is 3. The second-order valence-corrected chi connectivity index (χ2v) is 4.57. The fourth-order valence-corrected chi connectivity index (χ4v) is 1.86. The van der Waals surface area contributed by atoms with Crippen molar-refractivity contribution < 1.29 is 18.4 Å². The smallest absolute Gasteiger partial charge is 0.323 e. The zero-order chi connectivity index (χ0) is 16.5. The molecular weight excluding hydrogens is 294 g/mol. The van der Waals surface area contributed by atoms with E-state index < -0.39 is 18.2 Å². The molecule has 0 aliphatic carbocycles. The molecule has 6 nitrogen and oxygen atoms in total. The first-order valence-corrected chi connectivity index (χ1v) is 6.92. The molecule has 1 aliphatic heterocycles. The van der Waals surface area contributed by atoms with Crippen molar-refractivity contribution in [2.75, 3.05) is 26.2 Å². The minimum atomic E-state index is -2.71. The van der Waals surface area contributed by atoms with Crippen molar-refractivity contribution in [1.29, 1.82) is 0 Å². The lowest BCUT2D eigenvalue weighted by atomic mass is 10.3. The van der Waals surface area contributed by atoms with Gasteiger partial charge in [-0.25, -0.2) is 18.6 Å². The SMILES string of the molecule is C\C=C(/N=C(/C=C/C)NC(=O)N1CCN(C=O)CC1)C(F)F. The van der Waals surface area contributed by atoms with Gasteiger partial charge < -0.3 is 9.80 Å². The van der Waals surface area contributed by atoms with Crippen LogP contribution in [-0.4, -0.2) is 60.7 Å². The quantitative estimate of drug-likeness (QED) is 0.487. The number of carbonyl (C=O) groups excluding carboxylic acids is 2. The maximum Gasteiger partial charge on any atom is 0.323 e. The Morgan fingerprint density at radius 1 is 1.23 bits per heavy atom. The monoisotopic (exact) mass is 314 g/mol. The molecule has 22 heavy (non-hydrogen) atoms. The van der Waals surface area contributed by atoms with Gasteiger partial charge in [0.15, 0.2) is 0 Å². The van der Waals surface area contributed by atoms with Gasteiger partial charge in [-0.05, 0) is 19.9 Å². The molecule has 0 saturated carbocycles. The molecule has 3 amide bonds. The van der Waals surface area contributed by atoms with Crippen LogP contribution in [0.4, 0.5) is 13.6 Å². The second kappa shape index (κ2) is 8.91. The summed E-state index contributed by atoms with van der Waals surface area (Å²) in [5.41, 5.74) is -0.404. The lowest BCUT2D eigenvalue weighted by Gasteiger charge is -2.32. The number of nitrogens with zero attached hydrogens (tertiary/aromatic N) is 3. The fourth-order valence-electron chi connectivity index (χ4n) is 1.86. The van der Waals surface area contributed by atoms with E-state index in [-0.39, 0.29) is 5.84 Å². The average molecular weight is 314 g/mol. The molecule has 1 aliphatic rings. The number of amides is 3. The number of amidine groups is 1. The lowest BCUT2D eigenvalue weighted by Crippen LogP contribution is -2.52. The van der Waals surface area contributed by atoms with Crippen LogP contribution in [0.1, 0.15) is 13.8 Å². The molecule has 0 atom stereocenters. The van der Waals surface area contributed by atoms with E-state index in [4.69, 9.17) is 0 Å². The number of carbonyl (C=O) groups is 2. The van der Waals surface area contributed by atoms with E-state index in [9.17, 15) is 18.4 Å². The maximum absolute atomic E-state index is 12.7. The Morgan fingerprint density at radius 2 is 1.86 bits per heavy atom. The van der Waals surface area contributed by atoms with E-state index in [0.717, 1.165) is 6.41 Å². The summed E-state index contributed by atoms with van der Waals surface area (Å²) < 4.78 is 25.4. The Hall–Kier alpha value is -2.25. The number of halogens is 2. The van der Waals surface area contributed by atoms with Crippen LogP contribution in [0.3, 0.4) is 0 Å². The largest absolute Gasteiger partial charge is 0.342 e. The maximum atomic E-state index is 12.7. The predicted octanol–water partition coefficient (Wildman–Crippen LogP) is 1.61. The summed E-state index contributed by atoms with van der Waals surface area (Å²) in [6.07, 6.45) is 2.28. The van der Waals surface area contributed by atoms with Crippen molar-refractivity contribution >= 4 is 18.3 Å². The Balaban J connectivity index is 2.73. The van der Waals surface area contributed by atoms with Crippen LogP contribution in [0.2, 0.25) is 0 Å². The van der Waals surface area contributed by atoms with Crippen LogP contribution in [0, 0.1) is 0 Å². The van der Waals surface area contributed by atoms with Crippen LogP contribution in [0.5, 0.6) is 0 Å². The highest BCUT2D eigenvalue weighted by Crippen LogP contribution is 2.10. The van der Waals surface area contributed by atoms with Gasteiger partial charge >= 0.3 is 6.03 Å². The average Bonchev–Trinajstić information content (AvgIpc) is 2.52. The molecule has 122 valence electrons. The first kappa shape index (κ1) is 17.8. The standard InChI is InChI=1S/C14H20F2N4O2/c1-3-5-12(17-11(4-2)13(15)16)18-14(22)20-8-6-19(10-21)7-9-20/h3-5,10,13H,6-9H2,1-2H3,(H,17,18,22)/b5-3+,11-4-. The Labute approximate surface area is 128 Å². The molecule has 1 heterocycles. The van der Waals surface area contributed by atoms with Gasteiger partial charge in [-0.1, -0.05) is 12.2 Å². The minimum absolute atomic E-state index is 0.0544.